The molecule has 0 saturated heterocycles. The van der Waals surface area contributed by atoms with Crippen LogP contribution in [-0.4, -0.2) is 63.6 Å². The average Bonchev–Trinajstić information content (AvgIpc) is 2.83. The van der Waals surface area contributed by atoms with Crippen molar-refractivity contribution in [2.45, 2.75) is 72.4 Å². The second kappa shape index (κ2) is 14.0. The highest BCUT2D eigenvalue weighted by Crippen LogP contribution is 2.17. The van der Waals surface area contributed by atoms with E-state index in [4.69, 9.17) is 4.74 Å². The monoisotopic (exact) mass is 509 g/mol. The van der Waals surface area contributed by atoms with Gasteiger partial charge in [0.15, 0.2) is 0 Å². The van der Waals surface area contributed by atoms with Crippen LogP contribution < -0.4 is 16.0 Å². The van der Waals surface area contributed by atoms with Gasteiger partial charge in [-0.3, -0.25) is 14.7 Å². The molecule has 0 aliphatic carbocycles. The molecule has 3 N–H and O–H groups in total. The number of nitrogens with one attached hydrogen (secondary N) is 3. The fourth-order valence-electron chi connectivity index (χ4n) is 3.03. The number of pyridine rings is 1. The third-order valence-corrected chi connectivity index (χ3v) is 5.13. The molecule has 2 rings (SSSR count). The lowest BCUT2D eigenvalue weighted by Gasteiger charge is -2.28. The maximum atomic E-state index is 12.4. The minimum atomic E-state index is -0.645. The zero-order chi connectivity index (χ0) is 27.4. The first-order chi connectivity index (χ1) is 17.5. The molecule has 0 bridgehead atoms. The minimum Gasteiger partial charge on any atom is -0.444 e. The van der Waals surface area contributed by atoms with Crippen molar-refractivity contribution in [2.75, 3.05) is 30.8 Å². The number of ether oxygens (including phenoxy) is 1. The summed E-state index contributed by atoms with van der Waals surface area (Å²) in [6.45, 7) is 12.2. The van der Waals surface area contributed by atoms with Crippen LogP contribution in [0.3, 0.4) is 0 Å². The number of unbranched alkanes of at least 4 members (excludes halogenated alkanes) is 1. The van der Waals surface area contributed by atoms with E-state index < -0.39 is 17.7 Å². The predicted molar refractivity (Wildman–Crippen MR) is 146 cm³/mol. The summed E-state index contributed by atoms with van der Waals surface area (Å²) >= 11 is 0. The highest BCUT2D eigenvalue weighted by atomic mass is 16.6. The van der Waals surface area contributed by atoms with Gasteiger partial charge in [-0.25, -0.2) is 9.78 Å². The number of hydrogen-bond acceptors (Lipinski definition) is 8. The van der Waals surface area contributed by atoms with Crippen LogP contribution in [0.25, 0.3) is 0 Å². The Labute approximate surface area is 220 Å². The zero-order valence-electron chi connectivity index (χ0n) is 22.9. The number of aromatic nitrogens is 3. The smallest absolute Gasteiger partial charge is 0.410 e. The van der Waals surface area contributed by atoms with Crippen molar-refractivity contribution in [1.82, 2.24) is 25.2 Å². The molecule has 0 unspecified atom stereocenters. The Balaban J connectivity index is 1.89. The van der Waals surface area contributed by atoms with E-state index in [-0.39, 0.29) is 5.91 Å². The molecule has 0 saturated carbocycles. The fraction of sp³-hybridized carbons (Fsp3) is 0.519. The van der Waals surface area contributed by atoms with E-state index in [1.807, 2.05) is 19.1 Å². The van der Waals surface area contributed by atoms with E-state index in [0.29, 0.717) is 36.7 Å². The lowest BCUT2D eigenvalue weighted by atomic mass is 10.2. The van der Waals surface area contributed by atoms with E-state index in [1.165, 1.54) is 4.90 Å². The van der Waals surface area contributed by atoms with Crippen LogP contribution in [0.5, 0.6) is 0 Å². The molecular formula is C27H39N7O3. The molecule has 0 fully saturated rings. The number of carbonyl (C=O) groups is 2. The van der Waals surface area contributed by atoms with Gasteiger partial charge in [-0.05, 0) is 59.6 Å². The number of aryl methyl sites for hydroxylation is 1. The minimum absolute atomic E-state index is 0.242. The molecule has 2 heterocycles. The Bertz CT molecular complexity index is 1120. The molecule has 200 valence electrons. The number of carbonyl (C=O) groups excluding carboxylic acids is 2. The molecule has 0 radical (unpaired) electrons. The van der Waals surface area contributed by atoms with Crippen LogP contribution in [0, 0.1) is 18.8 Å². The number of hydrogen-bond donors (Lipinski definition) is 3. The Morgan fingerprint density at radius 2 is 1.97 bits per heavy atom. The van der Waals surface area contributed by atoms with Gasteiger partial charge in [0.05, 0.1) is 11.8 Å². The molecule has 0 aromatic carbocycles. The number of anilines is 3. The van der Waals surface area contributed by atoms with Gasteiger partial charge in [0.2, 0.25) is 11.9 Å². The van der Waals surface area contributed by atoms with Crippen molar-refractivity contribution < 1.29 is 14.3 Å². The summed E-state index contributed by atoms with van der Waals surface area (Å²) in [4.78, 5) is 39.0. The lowest BCUT2D eigenvalue weighted by Crippen LogP contribution is -2.47. The Morgan fingerprint density at radius 1 is 1.22 bits per heavy atom. The number of nitrogens with zero attached hydrogens (tertiary/aromatic N) is 4. The van der Waals surface area contributed by atoms with Crippen molar-refractivity contribution in [3.63, 3.8) is 0 Å². The van der Waals surface area contributed by atoms with Crippen molar-refractivity contribution in [3.8, 4) is 11.8 Å². The third-order valence-electron chi connectivity index (χ3n) is 5.13. The van der Waals surface area contributed by atoms with Gasteiger partial charge in [-0.15, -0.1) is 0 Å². The van der Waals surface area contributed by atoms with Crippen molar-refractivity contribution in [3.05, 3.63) is 35.8 Å². The van der Waals surface area contributed by atoms with Crippen LogP contribution in [0.1, 0.15) is 65.1 Å². The lowest BCUT2D eigenvalue weighted by molar-refractivity contribution is -0.125. The van der Waals surface area contributed by atoms with Crippen molar-refractivity contribution in [1.29, 1.82) is 0 Å². The molecule has 2 amide bonds. The molecule has 10 nitrogen and oxygen atoms in total. The van der Waals surface area contributed by atoms with Crippen molar-refractivity contribution >= 4 is 29.5 Å². The number of likely N-dealkylation sites (N-methyl/N-ethyl adjacent to an activating group) is 1. The van der Waals surface area contributed by atoms with Crippen molar-refractivity contribution in [2.24, 2.45) is 0 Å². The molecule has 0 spiro atoms. The normalized spacial score (nSPS) is 11.5. The molecule has 0 aliphatic heterocycles. The second-order valence-corrected chi connectivity index (χ2v) is 9.66. The molecular weight excluding hydrogens is 470 g/mol. The summed E-state index contributed by atoms with van der Waals surface area (Å²) in [5.41, 5.74) is 1.85. The standard InChI is InChI=1S/C27H39N7O3/c1-8-14-29-23-21(18-31-25(33-23)32-22-13-16-28-19(2)17-22)12-10-9-11-15-30-24(35)20(3)34(7)26(36)37-27(4,5)6/h13,16-18,20H,8-9,11,14-15H2,1-7H3,(H,30,35)(H2,28,29,31,32,33)/t20-/m0/s1. The summed E-state index contributed by atoms with van der Waals surface area (Å²) in [5.74, 6) is 7.16. The average molecular weight is 510 g/mol. The first kappa shape index (κ1) is 29.4. The maximum Gasteiger partial charge on any atom is 0.410 e. The summed E-state index contributed by atoms with van der Waals surface area (Å²) in [5, 5.41) is 9.35. The number of amides is 2. The fourth-order valence-corrected chi connectivity index (χ4v) is 3.03. The topological polar surface area (TPSA) is 121 Å². The summed E-state index contributed by atoms with van der Waals surface area (Å²) in [6.07, 6.45) is 5.10. The number of rotatable bonds is 10. The van der Waals surface area contributed by atoms with E-state index in [0.717, 1.165) is 24.3 Å². The highest BCUT2D eigenvalue weighted by molar-refractivity contribution is 5.85. The van der Waals surface area contributed by atoms with Gasteiger partial charge in [0.25, 0.3) is 0 Å². The van der Waals surface area contributed by atoms with Crippen LogP contribution >= 0.6 is 0 Å². The molecule has 0 aliphatic rings. The maximum absolute atomic E-state index is 12.4. The third kappa shape index (κ3) is 10.3. The second-order valence-electron chi connectivity index (χ2n) is 9.66. The Hall–Kier alpha value is -3.87. The first-order valence-electron chi connectivity index (χ1n) is 12.5. The summed E-state index contributed by atoms with van der Waals surface area (Å²) in [7, 11) is 1.55. The van der Waals surface area contributed by atoms with E-state index in [1.54, 1.807) is 47.1 Å². The SMILES string of the molecule is CCCNc1nc(Nc2ccnc(C)c2)ncc1C#CCCCNC(=O)[C@H](C)N(C)C(=O)OC(C)(C)C. The van der Waals surface area contributed by atoms with Gasteiger partial charge in [0, 0.05) is 44.1 Å². The summed E-state index contributed by atoms with van der Waals surface area (Å²) in [6, 6.07) is 3.14. The van der Waals surface area contributed by atoms with Gasteiger partial charge in [-0.2, -0.15) is 4.98 Å². The van der Waals surface area contributed by atoms with Gasteiger partial charge in [0.1, 0.15) is 17.5 Å². The molecule has 2 aromatic rings. The van der Waals surface area contributed by atoms with E-state index in [2.05, 4.69) is 49.7 Å². The first-order valence-corrected chi connectivity index (χ1v) is 12.5. The Kier molecular flexibility index (Phi) is 11.1. The molecule has 1 atom stereocenters. The van der Waals surface area contributed by atoms with Crippen LogP contribution in [0.15, 0.2) is 24.5 Å². The summed E-state index contributed by atoms with van der Waals surface area (Å²) < 4.78 is 5.31. The largest absolute Gasteiger partial charge is 0.444 e. The Morgan fingerprint density at radius 3 is 2.65 bits per heavy atom. The quantitative estimate of drug-likeness (QED) is 0.321. The molecule has 37 heavy (non-hydrogen) atoms. The van der Waals surface area contributed by atoms with Gasteiger partial charge in [-0.1, -0.05) is 18.8 Å². The van der Waals surface area contributed by atoms with Gasteiger partial charge >= 0.3 is 6.09 Å². The molecule has 10 heteroatoms. The van der Waals surface area contributed by atoms with E-state index >= 15 is 0 Å². The van der Waals surface area contributed by atoms with Crippen LogP contribution in [-0.2, 0) is 9.53 Å². The highest BCUT2D eigenvalue weighted by Gasteiger charge is 2.26. The van der Waals surface area contributed by atoms with E-state index in [9.17, 15) is 9.59 Å². The van der Waals surface area contributed by atoms with Crippen LogP contribution in [0.2, 0.25) is 0 Å². The zero-order valence-corrected chi connectivity index (χ0v) is 22.9. The van der Waals surface area contributed by atoms with Crippen LogP contribution in [0.4, 0.5) is 22.2 Å². The molecule has 2 aromatic heterocycles. The van der Waals surface area contributed by atoms with Gasteiger partial charge < -0.3 is 20.7 Å². The predicted octanol–water partition coefficient (Wildman–Crippen LogP) is 4.25.